The highest BCUT2D eigenvalue weighted by molar-refractivity contribution is 5.78. The smallest absolute Gasteiger partial charge is 0.191 e. The van der Waals surface area contributed by atoms with Gasteiger partial charge in [-0.25, -0.2) is 9.67 Å². The molecule has 3 rings (SSSR count). The fraction of sp³-hybridized carbons (Fsp3) is 0.375. The van der Waals surface area contributed by atoms with Crippen molar-refractivity contribution in [2.75, 3.05) is 14.2 Å². The van der Waals surface area contributed by atoms with Crippen LogP contribution in [0.3, 0.4) is 0 Å². The molecule has 1 aromatic carbocycles. The number of nitrogens with zero attached hydrogens (tertiary/aromatic N) is 4. The van der Waals surface area contributed by atoms with Gasteiger partial charge in [0.2, 0.25) is 0 Å². The molecular weight excluding hydrogens is 278 g/mol. The zero-order valence-corrected chi connectivity index (χ0v) is 12.9. The van der Waals surface area contributed by atoms with Crippen LogP contribution >= 0.6 is 0 Å². The van der Waals surface area contributed by atoms with Gasteiger partial charge >= 0.3 is 0 Å². The molecule has 0 saturated heterocycles. The number of hydrogen-bond acceptors (Lipinski definition) is 3. The number of ether oxygens (including phenoxy) is 1. The molecule has 2 N–H and O–H groups in total. The fourth-order valence-electron chi connectivity index (χ4n) is 2.25. The Hall–Kier alpha value is -2.50. The van der Waals surface area contributed by atoms with Crippen molar-refractivity contribution in [2.24, 2.45) is 10.7 Å². The van der Waals surface area contributed by atoms with Crippen LogP contribution in [0.4, 0.5) is 0 Å². The molecule has 1 saturated carbocycles. The van der Waals surface area contributed by atoms with Gasteiger partial charge in [-0.05, 0) is 43.2 Å². The van der Waals surface area contributed by atoms with Crippen LogP contribution in [-0.4, -0.2) is 40.8 Å². The molecule has 1 aromatic heterocycles. The summed E-state index contributed by atoms with van der Waals surface area (Å²) in [5.41, 5.74) is 7.86. The Bertz CT molecular complexity index is 657. The molecule has 0 radical (unpaired) electrons. The van der Waals surface area contributed by atoms with E-state index < -0.39 is 0 Å². The van der Waals surface area contributed by atoms with Crippen LogP contribution in [-0.2, 0) is 6.54 Å². The van der Waals surface area contributed by atoms with Crippen molar-refractivity contribution >= 4 is 5.96 Å². The molecule has 6 heteroatoms. The maximum Gasteiger partial charge on any atom is 0.191 e. The molecular formula is C16H21N5O. The molecule has 0 aliphatic heterocycles. The number of nitrogens with two attached hydrogens (primary N) is 1. The second kappa shape index (κ2) is 6.09. The summed E-state index contributed by atoms with van der Waals surface area (Å²) in [5, 5.41) is 4.52. The molecule has 2 aromatic rings. The Labute approximate surface area is 130 Å². The lowest BCUT2D eigenvalue weighted by atomic mass is 10.3. The van der Waals surface area contributed by atoms with E-state index >= 15 is 0 Å². The topological polar surface area (TPSA) is 68.7 Å². The van der Waals surface area contributed by atoms with Crippen LogP contribution in [0.25, 0.3) is 5.69 Å². The monoisotopic (exact) mass is 299 g/mol. The first-order valence-electron chi connectivity index (χ1n) is 7.39. The molecule has 0 spiro atoms. The van der Waals surface area contributed by atoms with E-state index in [4.69, 9.17) is 10.5 Å². The number of guanidine groups is 1. The lowest BCUT2D eigenvalue weighted by Crippen LogP contribution is -2.35. The predicted octanol–water partition coefficient (Wildman–Crippen LogP) is 1.79. The molecule has 0 unspecified atom stereocenters. The normalized spacial score (nSPS) is 14.9. The van der Waals surface area contributed by atoms with Crippen LogP contribution in [0.5, 0.6) is 5.75 Å². The average molecular weight is 299 g/mol. The minimum absolute atomic E-state index is 0.492. The average Bonchev–Trinajstić information content (AvgIpc) is 3.30. The van der Waals surface area contributed by atoms with Crippen LogP contribution in [0.15, 0.2) is 41.5 Å². The fourth-order valence-corrected chi connectivity index (χ4v) is 2.25. The van der Waals surface area contributed by atoms with Gasteiger partial charge in [0.1, 0.15) is 5.75 Å². The van der Waals surface area contributed by atoms with Gasteiger partial charge in [0.15, 0.2) is 5.96 Å². The minimum atomic E-state index is 0.492. The van der Waals surface area contributed by atoms with E-state index in [9.17, 15) is 0 Å². The summed E-state index contributed by atoms with van der Waals surface area (Å²) in [4.78, 5) is 6.46. The van der Waals surface area contributed by atoms with Gasteiger partial charge in [0.05, 0.1) is 25.0 Å². The van der Waals surface area contributed by atoms with Gasteiger partial charge in [-0.3, -0.25) is 0 Å². The first kappa shape index (κ1) is 14.4. The summed E-state index contributed by atoms with van der Waals surface area (Å²) in [6.07, 6.45) is 4.34. The van der Waals surface area contributed by atoms with Crippen molar-refractivity contribution in [1.82, 2.24) is 14.7 Å². The number of aliphatic imine (C=N–C) groups is 1. The van der Waals surface area contributed by atoms with Crippen LogP contribution < -0.4 is 10.5 Å². The third kappa shape index (κ3) is 3.21. The summed E-state index contributed by atoms with van der Waals surface area (Å²) in [6.45, 7) is 0.492. The highest BCUT2D eigenvalue weighted by Gasteiger charge is 2.27. The molecule has 1 aliphatic carbocycles. The Balaban J connectivity index is 1.66. The molecule has 116 valence electrons. The summed E-state index contributed by atoms with van der Waals surface area (Å²) >= 11 is 0. The SMILES string of the molecule is COc1ccc(-n2ccc(CN=C(N)N(C)C3CC3)n2)cc1. The van der Waals surface area contributed by atoms with Gasteiger partial charge < -0.3 is 15.4 Å². The van der Waals surface area contributed by atoms with E-state index in [1.807, 2.05) is 53.2 Å². The molecule has 22 heavy (non-hydrogen) atoms. The molecule has 0 bridgehead atoms. The van der Waals surface area contributed by atoms with Gasteiger partial charge in [0.25, 0.3) is 0 Å². The summed E-state index contributed by atoms with van der Waals surface area (Å²) in [5.74, 6) is 1.41. The minimum Gasteiger partial charge on any atom is -0.497 e. The van der Waals surface area contributed by atoms with Gasteiger partial charge in [0, 0.05) is 19.3 Å². The summed E-state index contributed by atoms with van der Waals surface area (Å²) in [7, 11) is 3.65. The van der Waals surface area contributed by atoms with Gasteiger partial charge in [-0.15, -0.1) is 0 Å². The Morgan fingerprint density at radius 3 is 2.73 bits per heavy atom. The van der Waals surface area contributed by atoms with E-state index in [0.29, 0.717) is 18.5 Å². The third-order valence-corrected chi connectivity index (χ3v) is 3.84. The zero-order valence-electron chi connectivity index (χ0n) is 12.9. The number of hydrogen-bond donors (Lipinski definition) is 1. The summed E-state index contributed by atoms with van der Waals surface area (Å²) < 4.78 is 6.98. The second-order valence-corrected chi connectivity index (χ2v) is 5.47. The number of benzene rings is 1. The first-order chi connectivity index (χ1) is 10.7. The Kier molecular flexibility index (Phi) is 4.00. The molecule has 1 heterocycles. The van der Waals surface area contributed by atoms with E-state index in [1.165, 1.54) is 12.8 Å². The van der Waals surface area contributed by atoms with Crippen LogP contribution in [0.2, 0.25) is 0 Å². The van der Waals surface area contributed by atoms with Gasteiger partial charge in [-0.2, -0.15) is 5.10 Å². The van der Waals surface area contributed by atoms with Crippen molar-refractivity contribution in [3.05, 3.63) is 42.2 Å². The van der Waals surface area contributed by atoms with E-state index in [-0.39, 0.29) is 0 Å². The maximum atomic E-state index is 5.98. The van der Waals surface area contributed by atoms with Crippen molar-refractivity contribution in [3.63, 3.8) is 0 Å². The molecule has 0 atom stereocenters. The molecule has 1 fully saturated rings. The number of methoxy groups -OCH3 is 1. The second-order valence-electron chi connectivity index (χ2n) is 5.47. The molecule has 0 amide bonds. The van der Waals surface area contributed by atoms with Crippen molar-refractivity contribution in [2.45, 2.75) is 25.4 Å². The first-order valence-corrected chi connectivity index (χ1v) is 7.39. The van der Waals surface area contributed by atoms with Crippen LogP contribution in [0, 0.1) is 0 Å². The predicted molar refractivity (Wildman–Crippen MR) is 86.2 cm³/mol. The van der Waals surface area contributed by atoms with Crippen LogP contribution in [0.1, 0.15) is 18.5 Å². The zero-order chi connectivity index (χ0) is 15.5. The third-order valence-electron chi connectivity index (χ3n) is 3.84. The van der Waals surface area contributed by atoms with Gasteiger partial charge in [-0.1, -0.05) is 0 Å². The lowest BCUT2D eigenvalue weighted by Gasteiger charge is -2.16. The van der Waals surface area contributed by atoms with E-state index in [0.717, 1.165) is 17.1 Å². The summed E-state index contributed by atoms with van der Waals surface area (Å²) in [6, 6.07) is 10.3. The van der Waals surface area contributed by atoms with Crippen molar-refractivity contribution < 1.29 is 4.74 Å². The van der Waals surface area contributed by atoms with Crippen molar-refractivity contribution in [3.8, 4) is 11.4 Å². The lowest BCUT2D eigenvalue weighted by molar-refractivity contribution is 0.414. The highest BCUT2D eigenvalue weighted by atomic mass is 16.5. The highest BCUT2D eigenvalue weighted by Crippen LogP contribution is 2.24. The quantitative estimate of drug-likeness (QED) is 0.675. The van der Waals surface area contributed by atoms with Crippen molar-refractivity contribution in [1.29, 1.82) is 0 Å². The Morgan fingerprint density at radius 2 is 2.09 bits per heavy atom. The maximum absolute atomic E-state index is 5.98. The molecule has 1 aliphatic rings. The number of aromatic nitrogens is 2. The standard InChI is InChI=1S/C16H21N5O/c1-20(13-3-4-13)16(17)18-11-12-9-10-21(19-12)14-5-7-15(22-2)8-6-14/h5-10,13H,3-4,11H2,1-2H3,(H2,17,18). The largest absolute Gasteiger partial charge is 0.497 e. The Morgan fingerprint density at radius 1 is 1.36 bits per heavy atom. The van der Waals surface area contributed by atoms with E-state index in [2.05, 4.69) is 10.1 Å². The van der Waals surface area contributed by atoms with E-state index in [1.54, 1.807) is 7.11 Å². The molecule has 6 nitrogen and oxygen atoms in total. The number of rotatable bonds is 5.